The fraction of sp³-hybridized carbons (Fsp3) is 0.400. The molecule has 1 aromatic carbocycles. The van der Waals surface area contributed by atoms with E-state index in [2.05, 4.69) is 12.6 Å². The number of hydrogen-bond acceptors (Lipinski definition) is 1. The summed E-state index contributed by atoms with van der Waals surface area (Å²) in [6.45, 7) is 1.36. The number of thiol groups is 1. The van der Waals surface area contributed by atoms with Crippen LogP contribution in [0.1, 0.15) is 28.9 Å². The van der Waals surface area contributed by atoms with E-state index in [4.69, 9.17) is 0 Å². The number of halogens is 6. The second kappa shape index (κ2) is 4.44. The molecule has 1 aromatic rings. The molecule has 0 nitrogen and oxygen atoms in total. The minimum atomic E-state index is -4.83. The van der Waals surface area contributed by atoms with Crippen molar-refractivity contribution in [2.75, 3.05) is 0 Å². The molecule has 0 saturated heterocycles. The number of hydrogen-bond donors (Lipinski definition) is 1. The summed E-state index contributed by atoms with van der Waals surface area (Å²) >= 11 is 3.81. The van der Waals surface area contributed by atoms with E-state index in [1.54, 1.807) is 0 Å². The van der Waals surface area contributed by atoms with Gasteiger partial charge >= 0.3 is 12.4 Å². The van der Waals surface area contributed by atoms with Crippen LogP contribution in [-0.4, -0.2) is 0 Å². The van der Waals surface area contributed by atoms with Crippen molar-refractivity contribution in [3.63, 3.8) is 0 Å². The van der Waals surface area contributed by atoms with Crippen LogP contribution in [0.25, 0.3) is 0 Å². The monoisotopic (exact) mass is 274 g/mol. The molecular formula is C10H8F6S. The van der Waals surface area contributed by atoms with Gasteiger partial charge in [-0.15, -0.1) is 0 Å². The standard InChI is InChI=1S/C10H8F6S/c1-5(17)7-3-2-6(9(11,12)13)4-8(7)10(14,15)16/h2-5,17H,1H3. The maximum absolute atomic E-state index is 12.6. The first-order valence-corrected chi connectivity index (χ1v) is 5.01. The summed E-state index contributed by atoms with van der Waals surface area (Å²) < 4.78 is 74.6. The van der Waals surface area contributed by atoms with Crippen molar-refractivity contribution in [1.29, 1.82) is 0 Å². The highest BCUT2D eigenvalue weighted by Crippen LogP contribution is 2.40. The van der Waals surface area contributed by atoms with Crippen LogP contribution >= 0.6 is 12.6 Å². The van der Waals surface area contributed by atoms with E-state index in [1.165, 1.54) is 6.92 Å². The number of alkyl halides is 6. The Hall–Kier alpha value is -0.850. The maximum Gasteiger partial charge on any atom is 0.416 e. The van der Waals surface area contributed by atoms with Gasteiger partial charge in [0.15, 0.2) is 0 Å². The van der Waals surface area contributed by atoms with Crippen molar-refractivity contribution in [2.45, 2.75) is 24.5 Å². The van der Waals surface area contributed by atoms with E-state index in [-0.39, 0.29) is 11.6 Å². The van der Waals surface area contributed by atoms with Crippen LogP contribution in [0.5, 0.6) is 0 Å². The average Bonchev–Trinajstić information content (AvgIpc) is 2.14. The Kier molecular flexibility index (Phi) is 3.71. The van der Waals surface area contributed by atoms with Crippen LogP contribution in [0.3, 0.4) is 0 Å². The highest BCUT2D eigenvalue weighted by molar-refractivity contribution is 7.80. The van der Waals surface area contributed by atoms with E-state index in [9.17, 15) is 26.3 Å². The Bertz CT molecular complexity index is 404. The van der Waals surface area contributed by atoms with E-state index >= 15 is 0 Å². The molecule has 0 heterocycles. The van der Waals surface area contributed by atoms with Crippen LogP contribution in [0.2, 0.25) is 0 Å². The predicted molar refractivity (Wildman–Crippen MR) is 53.8 cm³/mol. The zero-order chi connectivity index (χ0) is 13.4. The number of benzene rings is 1. The molecule has 0 radical (unpaired) electrons. The lowest BCUT2D eigenvalue weighted by molar-refractivity contribution is -0.143. The van der Waals surface area contributed by atoms with Gasteiger partial charge in [-0.3, -0.25) is 0 Å². The minimum Gasteiger partial charge on any atom is -0.171 e. The Morgan fingerprint density at radius 1 is 1.00 bits per heavy atom. The third-order valence-corrected chi connectivity index (χ3v) is 2.41. The molecule has 1 unspecified atom stereocenters. The predicted octanol–water partition coefficient (Wildman–Crippen LogP) is 4.72. The van der Waals surface area contributed by atoms with Gasteiger partial charge < -0.3 is 0 Å². The first-order valence-electron chi connectivity index (χ1n) is 4.50. The van der Waals surface area contributed by atoms with Crippen molar-refractivity contribution >= 4 is 12.6 Å². The van der Waals surface area contributed by atoms with Crippen LogP contribution in [-0.2, 0) is 12.4 Å². The Morgan fingerprint density at radius 2 is 1.53 bits per heavy atom. The van der Waals surface area contributed by atoms with Gasteiger partial charge in [-0.2, -0.15) is 39.0 Å². The summed E-state index contributed by atoms with van der Waals surface area (Å²) in [6, 6.07) is 1.54. The summed E-state index contributed by atoms with van der Waals surface area (Å²) in [5.41, 5.74) is -2.88. The lowest BCUT2D eigenvalue weighted by Crippen LogP contribution is -2.13. The zero-order valence-corrected chi connectivity index (χ0v) is 9.42. The fourth-order valence-corrected chi connectivity index (χ4v) is 1.57. The quantitative estimate of drug-likeness (QED) is 0.556. The van der Waals surface area contributed by atoms with E-state index in [1.807, 2.05) is 0 Å². The molecule has 7 heteroatoms. The van der Waals surface area contributed by atoms with E-state index in [0.717, 1.165) is 6.07 Å². The van der Waals surface area contributed by atoms with Crippen molar-refractivity contribution in [3.8, 4) is 0 Å². The first kappa shape index (κ1) is 14.2. The lowest BCUT2D eigenvalue weighted by atomic mass is 10.0. The molecule has 0 aliphatic carbocycles. The molecule has 0 aliphatic heterocycles. The van der Waals surface area contributed by atoms with Gasteiger partial charge in [0, 0.05) is 5.25 Å². The second-order valence-corrected chi connectivity index (χ2v) is 4.25. The molecule has 0 fully saturated rings. The Labute approximate surface area is 99.0 Å². The second-order valence-electron chi connectivity index (χ2n) is 3.47. The smallest absolute Gasteiger partial charge is 0.171 e. The fourth-order valence-electron chi connectivity index (χ4n) is 1.34. The van der Waals surface area contributed by atoms with Gasteiger partial charge in [0.25, 0.3) is 0 Å². The molecule has 17 heavy (non-hydrogen) atoms. The highest BCUT2D eigenvalue weighted by atomic mass is 32.1. The molecule has 1 rings (SSSR count). The van der Waals surface area contributed by atoms with Crippen molar-refractivity contribution < 1.29 is 26.3 Å². The average molecular weight is 274 g/mol. The largest absolute Gasteiger partial charge is 0.416 e. The normalized spacial score (nSPS) is 14.8. The van der Waals surface area contributed by atoms with Gasteiger partial charge in [0.2, 0.25) is 0 Å². The zero-order valence-electron chi connectivity index (χ0n) is 8.52. The Balaban J connectivity index is 3.41. The van der Waals surface area contributed by atoms with Gasteiger partial charge in [-0.05, 0) is 24.6 Å². The molecule has 0 amide bonds. The van der Waals surface area contributed by atoms with Crippen molar-refractivity contribution in [2.24, 2.45) is 0 Å². The van der Waals surface area contributed by atoms with Gasteiger partial charge in [0.1, 0.15) is 0 Å². The highest BCUT2D eigenvalue weighted by Gasteiger charge is 2.38. The molecular weight excluding hydrogens is 266 g/mol. The van der Waals surface area contributed by atoms with Crippen LogP contribution in [0, 0.1) is 0 Å². The SMILES string of the molecule is CC(S)c1ccc(C(F)(F)F)cc1C(F)(F)F. The molecule has 0 aliphatic rings. The van der Waals surface area contributed by atoms with E-state index in [0.29, 0.717) is 6.07 Å². The van der Waals surface area contributed by atoms with E-state index < -0.39 is 28.7 Å². The van der Waals surface area contributed by atoms with Crippen LogP contribution in [0.4, 0.5) is 26.3 Å². The van der Waals surface area contributed by atoms with Crippen molar-refractivity contribution in [1.82, 2.24) is 0 Å². The summed E-state index contributed by atoms with van der Waals surface area (Å²) in [6.07, 6.45) is -9.62. The Morgan fingerprint density at radius 3 is 1.88 bits per heavy atom. The topological polar surface area (TPSA) is 0 Å². The summed E-state index contributed by atoms with van der Waals surface area (Å²) in [5, 5.41) is -0.797. The summed E-state index contributed by atoms with van der Waals surface area (Å²) in [7, 11) is 0. The molecule has 0 aromatic heterocycles. The third-order valence-electron chi connectivity index (χ3n) is 2.14. The van der Waals surface area contributed by atoms with Crippen molar-refractivity contribution in [3.05, 3.63) is 34.9 Å². The van der Waals surface area contributed by atoms with Gasteiger partial charge in [-0.1, -0.05) is 6.07 Å². The number of rotatable bonds is 1. The lowest BCUT2D eigenvalue weighted by Gasteiger charge is -2.17. The molecule has 0 N–H and O–H groups in total. The van der Waals surface area contributed by atoms with Gasteiger partial charge in [0.05, 0.1) is 11.1 Å². The molecule has 0 saturated carbocycles. The first-order chi connectivity index (χ1) is 7.53. The van der Waals surface area contributed by atoms with Crippen LogP contribution in [0.15, 0.2) is 18.2 Å². The summed E-state index contributed by atoms with van der Waals surface area (Å²) in [4.78, 5) is 0. The summed E-state index contributed by atoms with van der Waals surface area (Å²) in [5.74, 6) is 0. The third kappa shape index (κ3) is 3.31. The molecule has 0 spiro atoms. The van der Waals surface area contributed by atoms with Gasteiger partial charge in [-0.25, -0.2) is 0 Å². The molecule has 1 atom stereocenters. The minimum absolute atomic E-state index is 0.113. The maximum atomic E-state index is 12.6. The van der Waals surface area contributed by atoms with Crippen LogP contribution < -0.4 is 0 Å². The molecule has 96 valence electrons. The molecule has 0 bridgehead atoms.